The van der Waals surface area contributed by atoms with Crippen molar-refractivity contribution in [1.29, 1.82) is 0 Å². The van der Waals surface area contributed by atoms with E-state index in [0.717, 1.165) is 18.7 Å². The third kappa shape index (κ3) is 6.30. The molecule has 10 heteroatoms. The molecule has 2 amide bonds. The van der Waals surface area contributed by atoms with Gasteiger partial charge < -0.3 is 25.0 Å². The molecule has 3 atom stereocenters. The highest BCUT2D eigenvalue weighted by atomic mass is 16.5. The zero-order valence-corrected chi connectivity index (χ0v) is 20.7. The lowest BCUT2D eigenvalue weighted by atomic mass is 10.0. The zero-order valence-electron chi connectivity index (χ0n) is 20.7. The summed E-state index contributed by atoms with van der Waals surface area (Å²) in [5.74, 6) is -1.63. The molecule has 4 rings (SSSR count). The molecule has 2 fully saturated rings. The molecule has 0 bridgehead atoms. The van der Waals surface area contributed by atoms with Crippen LogP contribution in [0.5, 0.6) is 0 Å². The first-order valence-electron chi connectivity index (χ1n) is 12.4. The zero-order chi connectivity index (χ0) is 25.7. The predicted molar refractivity (Wildman–Crippen MR) is 130 cm³/mol. The number of carboxylic acid groups (broad SMARTS) is 1. The van der Waals surface area contributed by atoms with Gasteiger partial charge in [-0.05, 0) is 36.7 Å². The molecule has 2 heterocycles. The van der Waals surface area contributed by atoms with Crippen molar-refractivity contribution in [3.8, 4) is 0 Å². The minimum Gasteiger partial charge on any atom is -0.480 e. The van der Waals surface area contributed by atoms with Crippen LogP contribution in [0.4, 0.5) is 0 Å². The maximum atomic E-state index is 13.4. The number of hydrogen-bond donors (Lipinski definition) is 3. The number of rotatable bonds is 11. The number of nitrogens with one attached hydrogen (secondary N) is 2. The number of hydrogen-bond acceptors (Lipinski definition) is 7. The first kappa shape index (κ1) is 25.8. The molecule has 1 aliphatic carbocycles. The molecule has 3 N–H and O–H groups in total. The van der Waals surface area contributed by atoms with Gasteiger partial charge in [0.2, 0.25) is 5.91 Å². The Morgan fingerprint density at radius 1 is 1.19 bits per heavy atom. The van der Waals surface area contributed by atoms with Crippen LogP contribution in [0.2, 0.25) is 0 Å². The quantitative estimate of drug-likeness (QED) is 0.427. The summed E-state index contributed by atoms with van der Waals surface area (Å²) in [6.07, 6.45) is 1.28. The van der Waals surface area contributed by atoms with Gasteiger partial charge in [-0.3, -0.25) is 14.5 Å². The maximum Gasteiger partial charge on any atom is 0.326 e. The maximum absolute atomic E-state index is 13.4. The van der Waals surface area contributed by atoms with Crippen molar-refractivity contribution in [3.63, 3.8) is 0 Å². The molecule has 1 aromatic heterocycles. The summed E-state index contributed by atoms with van der Waals surface area (Å²) in [7, 11) is 0. The minimum atomic E-state index is -1.21. The summed E-state index contributed by atoms with van der Waals surface area (Å²) in [6.45, 7) is 7.15. The first-order valence-corrected chi connectivity index (χ1v) is 12.4. The molecule has 0 radical (unpaired) electrons. The third-order valence-corrected chi connectivity index (χ3v) is 6.76. The average molecular weight is 499 g/mol. The highest BCUT2D eigenvalue weighted by molar-refractivity contribution is 6.01. The van der Waals surface area contributed by atoms with E-state index in [0.29, 0.717) is 44.8 Å². The minimum absolute atomic E-state index is 0.0799. The van der Waals surface area contributed by atoms with Gasteiger partial charge in [0.1, 0.15) is 11.6 Å². The molecule has 1 saturated heterocycles. The van der Waals surface area contributed by atoms with Crippen molar-refractivity contribution >= 4 is 17.8 Å². The highest BCUT2D eigenvalue weighted by Gasteiger charge is 2.61. The molecule has 1 saturated carbocycles. The van der Waals surface area contributed by atoms with E-state index in [9.17, 15) is 19.5 Å². The Hall–Kier alpha value is -3.24. The Bertz CT molecular complexity index is 1070. The van der Waals surface area contributed by atoms with E-state index in [-0.39, 0.29) is 17.5 Å². The number of morpholine rings is 1. The van der Waals surface area contributed by atoms with Crippen molar-refractivity contribution < 1.29 is 28.8 Å². The molecule has 36 heavy (non-hydrogen) atoms. The third-order valence-electron chi connectivity index (χ3n) is 6.76. The van der Waals surface area contributed by atoms with Crippen molar-refractivity contribution in [2.45, 2.75) is 51.2 Å². The van der Waals surface area contributed by atoms with Crippen LogP contribution in [-0.2, 0) is 27.3 Å². The van der Waals surface area contributed by atoms with Crippen molar-refractivity contribution in [2.24, 2.45) is 11.8 Å². The van der Waals surface area contributed by atoms with Gasteiger partial charge in [0.05, 0.1) is 19.8 Å². The highest BCUT2D eigenvalue weighted by Crippen LogP contribution is 2.46. The monoisotopic (exact) mass is 498 g/mol. The Balaban J connectivity index is 1.47. The molecular formula is C26H34N4O6. The molecule has 2 aliphatic rings. The van der Waals surface area contributed by atoms with Crippen LogP contribution in [0.15, 0.2) is 40.9 Å². The fraction of sp³-hybridized carbons (Fsp3) is 0.538. The number of carboxylic acids is 1. The van der Waals surface area contributed by atoms with Gasteiger partial charge in [-0.1, -0.05) is 49.3 Å². The van der Waals surface area contributed by atoms with Gasteiger partial charge in [-0.25, -0.2) is 4.79 Å². The number of carbonyl (C=O) groups is 3. The Labute approximate surface area is 210 Å². The summed E-state index contributed by atoms with van der Waals surface area (Å²) in [5, 5.41) is 19.1. The van der Waals surface area contributed by atoms with Gasteiger partial charge >= 0.3 is 5.97 Å². The number of ether oxygens (including phenoxy) is 1. The van der Waals surface area contributed by atoms with Crippen LogP contribution >= 0.6 is 0 Å². The second-order valence-corrected chi connectivity index (χ2v) is 10.1. The number of aliphatic carboxylic acids is 1. The predicted octanol–water partition coefficient (Wildman–Crippen LogP) is 1.85. The number of benzene rings is 1. The van der Waals surface area contributed by atoms with Gasteiger partial charge in [0.15, 0.2) is 11.5 Å². The normalized spacial score (nSPS) is 22.7. The number of nitrogens with zero attached hydrogens (tertiary/aromatic N) is 2. The molecule has 3 unspecified atom stereocenters. The van der Waals surface area contributed by atoms with Crippen molar-refractivity contribution in [1.82, 2.24) is 20.7 Å². The Morgan fingerprint density at radius 3 is 2.58 bits per heavy atom. The van der Waals surface area contributed by atoms with E-state index >= 15 is 0 Å². The molecule has 194 valence electrons. The van der Waals surface area contributed by atoms with Crippen LogP contribution in [0.3, 0.4) is 0 Å². The summed E-state index contributed by atoms with van der Waals surface area (Å²) < 4.78 is 10.7. The van der Waals surface area contributed by atoms with Crippen molar-refractivity contribution in [2.75, 3.05) is 26.3 Å². The lowest BCUT2D eigenvalue weighted by Gasteiger charge is -2.25. The smallest absolute Gasteiger partial charge is 0.326 e. The van der Waals surface area contributed by atoms with Gasteiger partial charge in [0, 0.05) is 19.2 Å². The largest absolute Gasteiger partial charge is 0.480 e. The second kappa shape index (κ2) is 11.2. The van der Waals surface area contributed by atoms with Crippen LogP contribution < -0.4 is 10.6 Å². The van der Waals surface area contributed by atoms with Gasteiger partial charge in [-0.2, -0.15) is 0 Å². The summed E-state index contributed by atoms with van der Waals surface area (Å²) >= 11 is 0. The number of amides is 2. The molecule has 2 aromatic rings. The summed E-state index contributed by atoms with van der Waals surface area (Å²) in [4.78, 5) is 40.5. The first-order chi connectivity index (χ1) is 17.3. The van der Waals surface area contributed by atoms with Gasteiger partial charge in [-0.15, -0.1) is 0 Å². The fourth-order valence-electron chi connectivity index (χ4n) is 4.68. The SMILES string of the molecule is CC(C)CC(NC(=O)C1(NC(=O)c2cc(CN3CCOCC3)on2)CC1Cc1ccccc1)C(=O)O. The Kier molecular flexibility index (Phi) is 8.05. The van der Waals surface area contributed by atoms with Crippen LogP contribution in [0.25, 0.3) is 0 Å². The Morgan fingerprint density at radius 2 is 1.92 bits per heavy atom. The standard InChI is InChI=1S/C26H34N4O6/c1-17(2)12-22(24(32)33)27-25(34)26(15-19(26)13-18-6-4-3-5-7-18)28-23(31)21-14-20(36-29-21)16-30-8-10-35-11-9-30/h3-7,14,17,19,22H,8-13,15-16H2,1-2H3,(H,27,34)(H,28,31)(H,32,33). The van der Waals surface area contributed by atoms with Crippen LogP contribution in [0.1, 0.15) is 48.5 Å². The topological polar surface area (TPSA) is 134 Å². The number of aromatic nitrogens is 1. The lowest BCUT2D eigenvalue weighted by Crippen LogP contribution is -2.55. The van der Waals surface area contributed by atoms with Crippen molar-refractivity contribution in [3.05, 3.63) is 53.4 Å². The molecule has 1 aliphatic heterocycles. The van der Waals surface area contributed by atoms with E-state index in [1.165, 1.54) is 0 Å². The summed E-state index contributed by atoms with van der Waals surface area (Å²) in [5.41, 5.74) is -0.0774. The van der Waals surface area contributed by atoms with E-state index in [1.807, 2.05) is 44.2 Å². The second-order valence-electron chi connectivity index (χ2n) is 10.1. The fourth-order valence-corrected chi connectivity index (χ4v) is 4.68. The molecule has 1 aromatic carbocycles. The molecular weight excluding hydrogens is 464 g/mol. The van der Waals surface area contributed by atoms with Gasteiger partial charge in [0.25, 0.3) is 5.91 Å². The number of carbonyl (C=O) groups excluding carboxylic acids is 2. The molecule has 10 nitrogen and oxygen atoms in total. The average Bonchev–Trinajstić information content (AvgIpc) is 3.32. The van der Waals surface area contributed by atoms with E-state index < -0.39 is 29.4 Å². The van der Waals surface area contributed by atoms with E-state index in [2.05, 4.69) is 20.7 Å². The van der Waals surface area contributed by atoms with Crippen LogP contribution in [-0.4, -0.2) is 70.8 Å². The van der Waals surface area contributed by atoms with E-state index in [4.69, 9.17) is 9.26 Å². The summed E-state index contributed by atoms with van der Waals surface area (Å²) in [6, 6.07) is 10.3. The van der Waals surface area contributed by atoms with E-state index in [1.54, 1.807) is 6.07 Å². The van der Waals surface area contributed by atoms with Crippen LogP contribution in [0, 0.1) is 11.8 Å². The lowest BCUT2D eigenvalue weighted by molar-refractivity contribution is -0.142. The molecule has 0 spiro atoms.